The van der Waals surface area contributed by atoms with Crippen molar-refractivity contribution in [3.63, 3.8) is 0 Å². The fourth-order valence-corrected chi connectivity index (χ4v) is 4.10. The SMILES string of the molecule is COc1ccc(/C=N/NC(=O)c2ccc(N(Cc3ccc(Cl)cc3)S(C)(=O)=O)cc2)c(OC)c1. The number of carbonyl (C=O) groups is 1. The molecule has 0 aromatic heterocycles. The van der Waals surface area contributed by atoms with Gasteiger partial charge in [0, 0.05) is 22.2 Å². The number of hydrogen-bond acceptors (Lipinski definition) is 6. The molecule has 0 saturated heterocycles. The van der Waals surface area contributed by atoms with Crippen LogP contribution in [0.4, 0.5) is 5.69 Å². The van der Waals surface area contributed by atoms with Crippen molar-refractivity contribution in [1.82, 2.24) is 5.43 Å². The Morgan fingerprint density at radius 2 is 1.71 bits per heavy atom. The lowest BCUT2D eigenvalue weighted by Gasteiger charge is -2.22. The van der Waals surface area contributed by atoms with Gasteiger partial charge >= 0.3 is 0 Å². The minimum Gasteiger partial charge on any atom is -0.497 e. The van der Waals surface area contributed by atoms with E-state index in [1.807, 2.05) is 0 Å². The second-order valence-corrected chi connectivity index (χ2v) is 9.59. The van der Waals surface area contributed by atoms with Crippen molar-refractivity contribution < 1.29 is 22.7 Å². The number of halogens is 1. The second-order valence-electron chi connectivity index (χ2n) is 7.25. The van der Waals surface area contributed by atoms with Gasteiger partial charge in [-0.05, 0) is 54.1 Å². The van der Waals surface area contributed by atoms with Crippen molar-refractivity contribution in [2.75, 3.05) is 24.8 Å². The molecular weight excluding hydrogens is 478 g/mol. The van der Waals surface area contributed by atoms with E-state index in [0.29, 0.717) is 33.3 Å². The Balaban J connectivity index is 1.71. The molecule has 0 saturated carbocycles. The van der Waals surface area contributed by atoms with Crippen LogP contribution in [-0.4, -0.2) is 41.0 Å². The van der Waals surface area contributed by atoms with Gasteiger partial charge in [-0.25, -0.2) is 13.8 Å². The molecule has 0 fully saturated rings. The molecular formula is C24H24ClN3O5S. The van der Waals surface area contributed by atoms with Gasteiger partial charge in [0.1, 0.15) is 11.5 Å². The summed E-state index contributed by atoms with van der Waals surface area (Å²) in [6, 6.07) is 18.4. The van der Waals surface area contributed by atoms with Gasteiger partial charge in [-0.15, -0.1) is 0 Å². The number of nitrogens with zero attached hydrogens (tertiary/aromatic N) is 2. The van der Waals surface area contributed by atoms with Gasteiger partial charge in [-0.1, -0.05) is 23.7 Å². The molecule has 34 heavy (non-hydrogen) atoms. The summed E-state index contributed by atoms with van der Waals surface area (Å²) in [6.07, 6.45) is 2.59. The Morgan fingerprint density at radius 3 is 2.29 bits per heavy atom. The molecule has 0 aliphatic heterocycles. The Morgan fingerprint density at radius 1 is 1.03 bits per heavy atom. The maximum absolute atomic E-state index is 12.5. The molecule has 10 heteroatoms. The topological polar surface area (TPSA) is 97.3 Å². The highest BCUT2D eigenvalue weighted by molar-refractivity contribution is 7.92. The number of hydrogen-bond donors (Lipinski definition) is 1. The third-order valence-corrected chi connectivity index (χ3v) is 6.26. The van der Waals surface area contributed by atoms with Crippen molar-refractivity contribution in [2.24, 2.45) is 5.10 Å². The summed E-state index contributed by atoms with van der Waals surface area (Å²) in [7, 11) is -0.477. The van der Waals surface area contributed by atoms with Crippen LogP contribution in [0.2, 0.25) is 5.02 Å². The predicted molar refractivity (Wildman–Crippen MR) is 134 cm³/mol. The summed E-state index contributed by atoms with van der Waals surface area (Å²) < 4.78 is 36.5. The van der Waals surface area contributed by atoms with Crippen LogP contribution in [0.3, 0.4) is 0 Å². The Hall–Kier alpha value is -3.56. The van der Waals surface area contributed by atoms with Crippen LogP contribution in [0.1, 0.15) is 21.5 Å². The largest absolute Gasteiger partial charge is 0.497 e. The lowest BCUT2D eigenvalue weighted by atomic mass is 10.2. The van der Waals surface area contributed by atoms with E-state index in [0.717, 1.165) is 11.8 Å². The third kappa shape index (κ3) is 6.49. The van der Waals surface area contributed by atoms with E-state index in [1.54, 1.807) is 61.7 Å². The van der Waals surface area contributed by atoms with Gasteiger partial charge in [-0.3, -0.25) is 9.10 Å². The summed E-state index contributed by atoms with van der Waals surface area (Å²) in [5, 5.41) is 4.55. The lowest BCUT2D eigenvalue weighted by Crippen LogP contribution is -2.29. The monoisotopic (exact) mass is 501 g/mol. The summed E-state index contributed by atoms with van der Waals surface area (Å²) >= 11 is 5.91. The number of nitrogens with one attached hydrogen (secondary N) is 1. The first-order valence-corrected chi connectivity index (χ1v) is 12.3. The highest BCUT2D eigenvalue weighted by atomic mass is 35.5. The number of ether oxygens (including phenoxy) is 2. The first-order chi connectivity index (χ1) is 16.2. The third-order valence-electron chi connectivity index (χ3n) is 4.87. The van der Waals surface area contributed by atoms with Gasteiger partial charge in [-0.2, -0.15) is 5.10 Å². The Labute approximate surface area is 203 Å². The minimum absolute atomic E-state index is 0.134. The fourth-order valence-electron chi connectivity index (χ4n) is 3.08. The van der Waals surface area contributed by atoms with Crippen LogP contribution in [0.5, 0.6) is 11.5 Å². The van der Waals surface area contributed by atoms with Crippen LogP contribution in [-0.2, 0) is 16.6 Å². The van der Waals surface area contributed by atoms with Crippen molar-refractivity contribution in [3.05, 3.63) is 88.4 Å². The number of carbonyl (C=O) groups excluding carboxylic acids is 1. The van der Waals surface area contributed by atoms with Crippen LogP contribution in [0.25, 0.3) is 0 Å². The van der Waals surface area contributed by atoms with Gasteiger partial charge < -0.3 is 9.47 Å². The molecule has 0 aliphatic rings. The Kier molecular flexibility index (Phi) is 8.14. The van der Waals surface area contributed by atoms with Gasteiger partial charge in [0.05, 0.1) is 38.9 Å². The molecule has 8 nitrogen and oxygen atoms in total. The van der Waals surface area contributed by atoms with Crippen LogP contribution < -0.4 is 19.2 Å². The van der Waals surface area contributed by atoms with Crippen LogP contribution >= 0.6 is 11.6 Å². The van der Waals surface area contributed by atoms with E-state index in [1.165, 1.54) is 29.8 Å². The molecule has 0 aliphatic carbocycles. The molecule has 1 amide bonds. The predicted octanol–water partition coefficient (Wildman–Crippen LogP) is 4.09. The molecule has 0 unspecified atom stereocenters. The average Bonchev–Trinajstić information content (AvgIpc) is 2.83. The number of methoxy groups -OCH3 is 2. The summed E-state index contributed by atoms with van der Waals surface area (Å²) in [4.78, 5) is 12.5. The maximum Gasteiger partial charge on any atom is 0.271 e. The van der Waals surface area contributed by atoms with E-state index in [4.69, 9.17) is 21.1 Å². The number of amides is 1. The zero-order valence-electron chi connectivity index (χ0n) is 18.9. The molecule has 0 radical (unpaired) electrons. The maximum atomic E-state index is 12.5. The van der Waals surface area contributed by atoms with E-state index >= 15 is 0 Å². The van der Waals surface area contributed by atoms with E-state index in [9.17, 15) is 13.2 Å². The molecule has 178 valence electrons. The number of rotatable bonds is 9. The second kappa shape index (κ2) is 11.0. The van der Waals surface area contributed by atoms with Crippen molar-refractivity contribution in [1.29, 1.82) is 0 Å². The molecule has 0 atom stereocenters. The zero-order chi connectivity index (χ0) is 24.7. The Bertz CT molecular complexity index is 1280. The molecule has 3 aromatic carbocycles. The lowest BCUT2D eigenvalue weighted by molar-refractivity contribution is 0.0955. The number of sulfonamides is 1. The smallest absolute Gasteiger partial charge is 0.271 e. The van der Waals surface area contributed by atoms with Crippen LogP contribution in [0, 0.1) is 0 Å². The molecule has 3 aromatic rings. The summed E-state index contributed by atoms with van der Waals surface area (Å²) in [6.45, 7) is 0.134. The van der Waals surface area contributed by atoms with Crippen molar-refractivity contribution >= 4 is 39.4 Å². The molecule has 0 heterocycles. The average molecular weight is 502 g/mol. The van der Waals surface area contributed by atoms with E-state index in [-0.39, 0.29) is 6.54 Å². The highest BCUT2D eigenvalue weighted by Gasteiger charge is 2.18. The van der Waals surface area contributed by atoms with Crippen LogP contribution in [0.15, 0.2) is 71.8 Å². The minimum atomic E-state index is -3.56. The van der Waals surface area contributed by atoms with Crippen molar-refractivity contribution in [2.45, 2.75) is 6.54 Å². The van der Waals surface area contributed by atoms with Gasteiger partial charge in [0.15, 0.2) is 0 Å². The van der Waals surface area contributed by atoms with Crippen molar-refractivity contribution in [3.8, 4) is 11.5 Å². The fraction of sp³-hybridized carbons (Fsp3) is 0.167. The summed E-state index contributed by atoms with van der Waals surface area (Å²) in [5.41, 5.74) is 4.64. The molecule has 1 N–H and O–H groups in total. The highest BCUT2D eigenvalue weighted by Crippen LogP contribution is 2.24. The normalized spacial score (nSPS) is 11.3. The van der Waals surface area contributed by atoms with E-state index < -0.39 is 15.9 Å². The first kappa shape index (κ1) is 25.1. The van der Waals surface area contributed by atoms with E-state index in [2.05, 4.69) is 10.5 Å². The standard InChI is InChI=1S/C24H24ClN3O5S/c1-32-22-13-8-19(23(14-22)33-2)15-26-27-24(29)18-6-11-21(12-7-18)28(34(3,30)31)16-17-4-9-20(25)10-5-17/h4-15H,16H2,1-3H3,(H,27,29)/b26-15+. The quantitative estimate of drug-likeness (QED) is 0.352. The number of anilines is 1. The van der Waals surface area contributed by atoms with Gasteiger partial charge in [0.25, 0.3) is 5.91 Å². The summed E-state index contributed by atoms with van der Waals surface area (Å²) in [5.74, 6) is 0.736. The van der Waals surface area contributed by atoms with Gasteiger partial charge in [0.2, 0.25) is 10.0 Å². The number of hydrazone groups is 1. The number of benzene rings is 3. The molecule has 3 rings (SSSR count). The molecule has 0 spiro atoms. The molecule has 0 bridgehead atoms. The zero-order valence-corrected chi connectivity index (χ0v) is 20.4. The first-order valence-electron chi connectivity index (χ1n) is 10.1.